The van der Waals surface area contributed by atoms with Gasteiger partial charge in [-0.05, 0) is 24.7 Å². The molecule has 0 bridgehead atoms. The molecule has 2 nitrogen and oxygen atoms in total. The van der Waals surface area contributed by atoms with Crippen LogP contribution in [0.15, 0.2) is 12.3 Å². The third kappa shape index (κ3) is 6.52. The Labute approximate surface area is 130 Å². The molecule has 1 radical (unpaired) electrons. The summed E-state index contributed by atoms with van der Waals surface area (Å²) in [6, 6.07) is 5.04. The molecule has 0 saturated heterocycles. The molecule has 1 aromatic heterocycles. The van der Waals surface area contributed by atoms with Gasteiger partial charge in [0, 0.05) is 32.7 Å². The number of rotatable bonds is 4. The summed E-state index contributed by atoms with van der Waals surface area (Å²) in [5.41, 5.74) is 1.14. The van der Waals surface area contributed by atoms with Crippen molar-refractivity contribution in [1.29, 1.82) is 0 Å². The molecule has 3 heteroatoms. The average molecular weight is 309 g/mol. The van der Waals surface area contributed by atoms with Gasteiger partial charge in [0.05, 0.1) is 12.5 Å². The molecule has 0 N–H and O–H groups in total. The maximum absolute atomic E-state index is 5.52. The Kier molecular flexibility index (Phi) is 9.08. The zero-order valence-electron chi connectivity index (χ0n) is 11.4. The molecule has 1 saturated carbocycles. The monoisotopic (exact) mass is 309 g/mol. The predicted octanol–water partition coefficient (Wildman–Crippen LogP) is 3.82. The van der Waals surface area contributed by atoms with Crippen molar-refractivity contribution in [3.8, 4) is 5.88 Å². The number of aromatic nitrogens is 1. The molecule has 1 aromatic rings. The van der Waals surface area contributed by atoms with Gasteiger partial charge in [-0.15, -0.1) is 11.6 Å². The Hall–Kier alpha value is 0.0539. The van der Waals surface area contributed by atoms with E-state index >= 15 is 0 Å². The smallest absolute Gasteiger partial charge is 0.0968 e. The largest absolute Gasteiger partial charge is 0.534 e. The summed E-state index contributed by atoms with van der Waals surface area (Å²) >= 11 is 0. The molecule has 2 rings (SSSR count). The van der Waals surface area contributed by atoms with Crippen LogP contribution in [0.4, 0.5) is 0 Å². The zero-order chi connectivity index (χ0) is 12.0. The van der Waals surface area contributed by atoms with Crippen molar-refractivity contribution < 1.29 is 37.4 Å². The summed E-state index contributed by atoms with van der Waals surface area (Å²) in [5.74, 6) is 1.97. The van der Waals surface area contributed by atoms with Crippen LogP contribution in [0.1, 0.15) is 52.0 Å². The normalized spacial score (nSPS) is 13.5. The van der Waals surface area contributed by atoms with Crippen molar-refractivity contribution in [2.24, 2.45) is 5.92 Å². The third-order valence-electron chi connectivity index (χ3n) is 2.48. The van der Waals surface area contributed by atoms with Crippen LogP contribution < -0.4 is 4.74 Å². The topological polar surface area (TPSA) is 22.1 Å². The number of hydrogen-bond donors (Lipinski definition) is 0. The van der Waals surface area contributed by atoms with Crippen LogP contribution in [-0.2, 0) is 32.7 Å². The Morgan fingerprint density at radius 3 is 2.47 bits per heavy atom. The van der Waals surface area contributed by atoms with E-state index in [0.29, 0.717) is 11.8 Å². The van der Waals surface area contributed by atoms with E-state index in [0.717, 1.165) is 18.1 Å². The minimum Gasteiger partial charge on any atom is -0.534 e. The molecule has 0 unspecified atom stereocenters. The van der Waals surface area contributed by atoms with E-state index < -0.39 is 0 Å². The molecule has 1 aliphatic carbocycles. The van der Waals surface area contributed by atoms with Crippen LogP contribution in [0.2, 0.25) is 0 Å². The van der Waals surface area contributed by atoms with E-state index in [1.165, 1.54) is 12.8 Å². The van der Waals surface area contributed by atoms with Gasteiger partial charge in [0.1, 0.15) is 0 Å². The molecule has 0 aliphatic heterocycles. The average Bonchev–Trinajstić information content (AvgIpc) is 3.13. The van der Waals surface area contributed by atoms with Crippen LogP contribution in [0, 0.1) is 12.0 Å². The Morgan fingerprint density at radius 1 is 1.41 bits per heavy atom. The second-order valence-corrected chi connectivity index (χ2v) is 4.25. The minimum atomic E-state index is 0. The Balaban J connectivity index is 0.000000811. The van der Waals surface area contributed by atoms with Gasteiger partial charge in [-0.1, -0.05) is 33.9 Å². The quantitative estimate of drug-likeness (QED) is 0.789. The van der Waals surface area contributed by atoms with Crippen LogP contribution in [-0.4, -0.2) is 11.6 Å². The van der Waals surface area contributed by atoms with E-state index in [1.807, 2.05) is 26.1 Å². The first-order valence-corrected chi connectivity index (χ1v) is 6.26. The van der Waals surface area contributed by atoms with E-state index in [9.17, 15) is 0 Å². The Bertz CT molecular complexity index is 294. The van der Waals surface area contributed by atoms with Gasteiger partial charge in [-0.2, -0.15) is 6.07 Å². The van der Waals surface area contributed by atoms with Crippen LogP contribution in [0.5, 0.6) is 5.88 Å². The molecule has 0 aromatic carbocycles. The van der Waals surface area contributed by atoms with E-state index in [4.69, 9.17) is 4.74 Å². The van der Waals surface area contributed by atoms with Crippen LogP contribution >= 0.6 is 0 Å². The zero-order valence-corrected chi connectivity index (χ0v) is 14.2. The van der Waals surface area contributed by atoms with Gasteiger partial charge in [-0.3, -0.25) is 0 Å². The molecular formula is C14H22NOY-. The van der Waals surface area contributed by atoms with Gasteiger partial charge >= 0.3 is 0 Å². The van der Waals surface area contributed by atoms with Crippen molar-refractivity contribution in [3.05, 3.63) is 23.9 Å². The van der Waals surface area contributed by atoms with Gasteiger partial charge in [0.15, 0.2) is 0 Å². The van der Waals surface area contributed by atoms with Crippen LogP contribution in [0.25, 0.3) is 0 Å². The van der Waals surface area contributed by atoms with Crippen molar-refractivity contribution in [1.82, 2.24) is 4.98 Å². The summed E-state index contributed by atoms with van der Waals surface area (Å²) in [5, 5.41) is 0. The molecule has 0 spiro atoms. The number of pyridine rings is 1. The van der Waals surface area contributed by atoms with E-state index in [1.54, 1.807) is 0 Å². The first-order chi connectivity index (χ1) is 7.75. The maximum atomic E-state index is 5.52. The summed E-state index contributed by atoms with van der Waals surface area (Å²) in [7, 11) is 0. The SMILES string of the molecule is CC.CC(C)c1[c-]cc(OCC2CC2)nc1.[Y]. The van der Waals surface area contributed by atoms with Crippen molar-refractivity contribution in [2.45, 2.75) is 46.5 Å². The van der Waals surface area contributed by atoms with Crippen molar-refractivity contribution >= 4 is 0 Å². The molecule has 1 fully saturated rings. The summed E-state index contributed by atoms with van der Waals surface area (Å²) in [6.45, 7) is 9.10. The van der Waals surface area contributed by atoms with Gasteiger partial charge in [0.2, 0.25) is 0 Å². The van der Waals surface area contributed by atoms with E-state index in [2.05, 4.69) is 24.9 Å². The molecular weight excluding hydrogens is 287 g/mol. The molecule has 17 heavy (non-hydrogen) atoms. The molecule has 0 amide bonds. The molecule has 1 heterocycles. The molecule has 0 atom stereocenters. The second kappa shape index (κ2) is 9.05. The number of hydrogen-bond acceptors (Lipinski definition) is 2. The van der Waals surface area contributed by atoms with Gasteiger partial charge < -0.3 is 9.72 Å². The fraction of sp³-hybridized carbons (Fsp3) is 0.643. The fourth-order valence-corrected chi connectivity index (χ4v) is 1.24. The minimum absolute atomic E-state index is 0. The third-order valence-corrected chi connectivity index (χ3v) is 2.48. The molecule has 93 valence electrons. The molecule has 1 aliphatic rings. The standard InChI is InChI=1S/C12H16NO.C2H6.Y/c1-9(2)11-5-6-12(13-7-11)14-8-10-3-4-10;1-2;/h6-7,9-10H,3-4,8H2,1-2H3;1-2H3;/q-1;;. The number of nitrogens with zero attached hydrogens (tertiary/aromatic N) is 1. The second-order valence-electron chi connectivity index (χ2n) is 4.25. The van der Waals surface area contributed by atoms with Gasteiger partial charge in [-0.25, -0.2) is 0 Å². The first kappa shape index (κ1) is 17.1. The first-order valence-electron chi connectivity index (χ1n) is 6.26. The summed E-state index contributed by atoms with van der Waals surface area (Å²) in [4.78, 5) is 4.25. The van der Waals surface area contributed by atoms with Crippen LogP contribution in [0.3, 0.4) is 0 Å². The fourth-order valence-electron chi connectivity index (χ4n) is 1.24. The van der Waals surface area contributed by atoms with E-state index in [-0.39, 0.29) is 32.7 Å². The summed E-state index contributed by atoms with van der Waals surface area (Å²) in [6.07, 6.45) is 4.48. The van der Waals surface area contributed by atoms with Crippen molar-refractivity contribution in [3.63, 3.8) is 0 Å². The Morgan fingerprint density at radius 2 is 2.06 bits per heavy atom. The maximum Gasteiger partial charge on any atom is 0.0968 e. The predicted molar refractivity (Wildman–Crippen MR) is 66.7 cm³/mol. The summed E-state index contributed by atoms with van der Waals surface area (Å²) < 4.78 is 5.52. The number of ether oxygens (including phenoxy) is 1. The van der Waals surface area contributed by atoms with Crippen molar-refractivity contribution in [2.75, 3.05) is 6.61 Å². The van der Waals surface area contributed by atoms with Gasteiger partial charge in [0.25, 0.3) is 0 Å².